The first-order valence-electron chi connectivity index (χ1n) is 5.69. The van der Waals surface area contributed by atoms with E-state index in [-0.39, 0.29) is 11.4 Å². The van der Waals surface area contributed by atoms with E-state index in [1.54, 1.807) is 0 Å². The van der Waals surface area contributed by atoms with Crippen LogP contribution in [0.5, 0.6) is 0 Å². The molecule has 8 heteroatoms. The van der Waals surface area contributed by atoms with Gasteiger partial charge in [0.05, 0.1) is 4.92 Å². The number of nitrogens with zero attached hydrogens (tertiary/aromatic N) is 2. The lowest BCUT2D eigenvalue weighted by atomic mass is 10.1. The molecule has 0 heterocycles. The Morgan fingerprint density at radius 1 is 1.40 bits per heavy atom. The van der Waals surface area contributed by atoms with E-state index in [1.165, 1.54) is 45.2 Å². The highest BCUT2D eigenvalue weighted by Crippen LogP contribution is 2.19. The minimum atomic E-state index is -1.40. The molecular weight excluding hydrogens is 266 g/mol. The minimum Gasteiger partial charge on any atom is -0.480 e. The number of benzene rings is 1. The molecule has 0 saturated heterocycles. The molecule has 0 unspecified atom stereocenters. The fraction of sp³-hybridized carbons (Fsp3) is 0.333. The summed E-state index contributed by atoms with van der Waals surface area (Å²) in [6.45, 7) is 2.75. The highest BCUT2D eigenvalue weighted by Gasteiger charge is 2.35. The largest absolute Gasteiger partial charge is 0.480 e. The molecule has 0 aliphatic rings. The minimum absolute atomic E-state index is 0.164. The van der Waals surface area contributed by atoms with E-state index < -0.39 is 22.5 Å². The van der Waals surface area contributed by atoms with Crippen molar-refractivity contribution in [3.05, 3.63) is 34.4 Å². The van der Waals surface area contributed by atoms with Crippen molar-refractivity contribution >= 4 is 23.4 Å². The number of carbonyl (C=O) groups is 2. The van der Waals surface area contributed by atoms with Crippen LogP contribution in [0.15, 0.2) is 24.3 Å². The number of rotatable bonds is 4. The summed E-state index contributed by atoms with van der Waals surface area (Å²) in [6.07, 6.45) is 0. The zero-order valence-electron chi connectivity index (χ0n) is 11.3. The second-order valence-electron chi connectivity index (χ2n) is 4.66. The van der Waals surface area contributed by atoms with Gasteiger partial charge in [0.25, 0.3) is 5.69 Å². The van der Waals surface area contributed by atoms with E-state index >= 15 is 0 Å². The Morgan fingerprint density at radius 2 is 2.00 bits per heavy atom. The van der Waals surface area contributed by atoms with Gasteiger partial charge >= 0.3 is 12.0 Å². The normalized spacial score (nSPS) is 10.8. The Labute approximate surface area is 115 Å². The summed E-state index contributed by atoms with van der Waals surface area (Å²) in [4.78, 5) is 34.0. The summed E-state index contributed by atoms with van der Waals surface area (Å²) < 4.78 is 0. The molecule has 0 bridgehead atoms. The van der Waals surface area contributed by atoms with E-state index in [1.807, 2.05) is 0 Å². The predicted molar refractivity (Wildman–Crippen MR) is 71.6 cm³/mol. The lowest BCUT2D eigenvalue weighted by molar-refractivity contribution is -0.384. The van der Waals surface area contributed by atoms with E-state index in [0.29, 0.717) is 0 Å². The second-order valence-corrected chi connectivity index (χ2v) is 4.66. The smallest absolute Gasteiger partial charge is 0.329 e. The number of nitrogens with one attached hydrogen (secondary N) is 1. The molecule has 0 aliphatic carbocycles. The molecule has 0 atom stereocenters. The quantitative estimate of drug-likeness (QED) is 0.646. The van der Waals surface area contributed by atoms with Crippen LogP contribution in [-0.2, 0) is 4.79 Å². The number of nitro benzene ring substituents is 1. The number of amides is 2. The number of carboxylic acids is 1. The average molecular weight is 281 g/mol. The number of nitro groups is 1. The van der Waals surface area contributed by atoms with Crippen LogP contribution in [0.25, 0.3) is 0 Å². The number of hydrogen-bond donors (Lipinski definition) is 2. The van der Waals surface area contributed by atoms with Crippen LogP contribution < -0.4 is 5.32 Å². The van der Waals surface area contributed by atoms with Gasteiger partial charge in [-0.3, -0.25) is 10.1 Å². The van der Waals surface area contributed by atoms with Crippen LogP contribution in [0.4, 0.5) is 16.2 Å². The molecule has 8 nitrogen and oxygen atoms in total. The van der Waals surface area contributed by atoms with Gasteiger partial charge in [0.1, 0.15) is 5.54 Å². The van der Waals surface area contributed by atoms with Crippen molar-refractivity contribution in [2.75, 3.05) is 12.4 Å². The lowest BCUT2D eigenvalue weighted by Gasteiger charge is -2.31. The van der Waals surface area contributed by atoms with Crippen molar-refractivity contribution in [1.82, 2.24) is 4.90 Å². The van der Waals surface area contributed by atoms with Gasteiger partial charge in [0.2, 0.25) is 0 Å². The molecule has 1 rings (SSSR count). The molecular formula is C12H15N3O5. The summed E-state index contributed by atoms with van der Waals surface area (Å²) >= 11 is 0. The van der Waals surface area contributed by atoms with Gasteiger partial charge in [-0.15, -0.1) is 0 Å². The Bertz CT molecular complexity index is 556. The zero-order chi connectivity index (χ0) is 15.5. The molecule has 2 N–H and O–H groups in total. The van der Waals surface area contributed by atoms with Crippen molar-refractivity contribution < 1.29 is 19.6 Å². The Morgan fingerprint density at radius 3 is 2.50 bits per heavy atom. The second kappa shape index (κ2) is 5.55. The van der Waals surface area contributed by atoms with Crippen LogP contribution in [-0.4, -0.2) is 39.5 Å². The number of likely N-dealkylation sites (N-methyl/N-ethyl adjacent to an activating group) is 1. The van der Waals surface area contributed by atoms with Gasteiger partial charge in [-0.1, -0.05) is 6.07 Å². The summed E-state index contributed by atoms with van der Waals surface area (Å²) in [7, 11) is 1.33. The molecule has 0 spiro atoms. The van der Waals surface area contributed by atoms with Gasteiger partial charge < -0.3 is 15.3 Å². The van der Waals surface area contributed by atoms with Crippen molar-refractivity contribution in [3.8, 4) is 0 Å². The number of urea groups is 1. The first-order valence-corrected chi connectivity index (χ1v) is 5.69. The van der Waals surface area contributed by atoms with Crippen molar-refractivity contribution in [1.29, 1.82) is 0 Å². The number of anilines is 1. The number of carboxylic acid groups (broad SMARTS) is 1. The van der Waals surface area contributed by atoms with E-state index in [0.717, 1.165) is 4.90 Å². The molecule has 0 aromatic heterocycles. The highest BCUT2D eigenvalue weighted by atomic mass is 16.6. The van der Waals surface area contributed by atoms with Gasteiger partial charge in [-0.05, 0) is 19.9 Å². The maximum atomic E-state index is 11.9. The van der Waals surface area contributed by atoms with Crippen molar-refractivity contribution in [3.63, 3.8) is 0 Å². The Hall–Kier alpha value is -2.64. The van der Waals surface area contributed by atoms with E-state index in [2.05, 4.69) is 5.32 Å². The van der Waals surface area contributed by atoms with Gasteiger partial charge in [0.15, 0.2) is 0 Å². The van der Waals surface area contributed by atoms with Crippen LogP contribution >= 0.6 is 0 Å². The molecule has 0 fully saturated rings. The third kappa shape index (κ3) is 3.22. The SMILES string of the molecule is CN(C(=O)Nc1cccc([N+](=O)[O-])c1)C(C)(C)C(=O)O. The predicted octanol–water partition coefficient (Wildman–Crippen LogP) is 1.92. The molecule has 20 heavy (non-hydrogen) atoms. The topological polar surface area (TPSA) is 113 Å². The molecule has 1 aromatic rings. The number of carbonyl (C=O) groups excluding carboxylic acids is 1. The van der Waals surface area contributed by atoms with Gasteiger partial charge in [-0.25, -0.2) is 9.59 Å². The van der Waals surface area contributed by atoms with Gasteiger partial charge in [-0.2, -0.15) is 0 Å². The number of non-ortho nitro benzene ring substituents is 1. The first kappa shape index (κ1) is 15.4. The summed E-state index contributed by atoms with van der Waals surface area (Å²) in [6, 6.07) is 4.72. The maximum absolute atomic E-state index is 11.9. The van der Waals surface area contributed by atoms with Crippen LogP contribution in [0.1, 0.15) is 13.8 Å². The van der Waals surface area contributed by atoms with Crippen LogP contribution in [0.2, 0.25) is 0 Å². The number of hydrogen-bond acceptors (Lipinski definition) is 4. The van der Waals surface area contributed by atoms with E-state index in [4.69, 9.17) is 5.11 Å². The highest BCUT2D eigenvalue weighted by molar-refractivity contribution is 5.93. The fourth-order valence-corrected chi connectivity index (χ4v) is 1.30. The summed E-state index contributed by atoms with van der Waals surface area (Å²) in [5, 5.41) is 22.1. The molecule has 108 valence electrons. The third-order valence-corrected chi connectivity index (χ3v) is 2.97. The molecule has 0 aliphatic heterocycles. The number of aliphatic carboxylic acids is 1. The van der Waals surface area contributed by atoms with Crippen molar-refractivity contribution in [2.24, 2.45) is 0 Å². The first-order chi connectivity index (χ1) is 9.16. The summed E-state index contributed by atoms with van der Waals surface area (Å²) in [5.74, 6) is -1.16. The lowest BCUT2D eigenvalue weighted by Crippen LogP contribution is -2.52. The monoisotopic (exact) mass is 281 g/mol. The van der Waals surface area contributed by atoms with E-state index in [9.17, 15) is 19.7 Å². The van der Waals surface area contributed by atoms with Gasteiger partial charge in [0, 0.05) is 24.9 Å². The summed E-state index contributed by atoms with van der Waals surface area (Å²) in [5.41, 5.74) is -1.34. The van der Waals surface area contributed by atoms with Crippen LogP contribution in [0, 0.1) is 10.1 Å². The Kier molecular flexibility index (Phi) is 4.28. The zero-order valence-corrected chi connectivity index (χ0v) is 11.3. The maximum Gasteiger partial charge on any atom is 0.329 e. The Balaban J connectivity index is 2.88. The molecule has 2 amide bonds. The fourth-order valence-electron chi connectivity index (χ4n) is 1.30. The van der Waals surface area contributed by atoms with Crippen LogP contribution in [0.3, 0.4) is 0 Å². The third-order valence-electron chi connectivity index (χ3n) is 2.97. The van der Waals surface area contributed by atoms with Crippen molar-refractivity contribution in [2.45, 2.75) is 19.4 Å². The standard InChI is InChI=1S/C12H15N3O5/c1-12(2,10(16)17)14(3)11(18)13-8-5-4-6-9(7-8)15(19)20/h4-7H,1-3H3,(H,13,18)(H,16,17). The molecule has 0 radical (unpaired) electrons. The molecule has 0 saturated carbocycles. The average Bonchev–Trinajstić information content (AvgIpc) is 2.37. The molecule has 1 aromatic carbocycles.